The summed E-state index contributed by atoms with van der Waals surface area (Å²) in [6.45, 7) is -0.169. The maximum Gasteiger partial charge on any atom is 0.342 e. The van der Waals surface area contributed by atoms with E-state index in [0.717, 1.165) is 11.6 Å². The van der Waals surface area contributed by atoms with Gasteiger partial charge in [0.15, 0.2) is 6.61 Å². The normalized spacial score (nSPS) is 10.5. The van der Waals surface area contributed by atoms with Gasteiger partial charge in [0.2, 0.25) is 0 Å². The number of ether oxygens (including phenoxy) is 1. The van der Waals surface area contributed by atoms with Crippen LogP contribution in [0.1, 0.15) is 15.9 Å². The van der Waals surface area contributed by atoms with Crippen LogP contribution in [0.5, 0.6) is 11.5 Å². The highest BCUT2D eigenvalue weighted by Crippen LogP contribution is 2.35. The molecular weight excluding hydrogens is 334 g/mol. The van der Waals surface area contributed by atoms with E-state index in [4.69, 9.17) is 4.74 Å². The molecule has 3 N–H and O–H groups in total. The van der Waals surface area contributed by atoms with Gasteiger partial charge in [-0.05, 0) is 11.6 Å². The molecule has 1 amide bonds. The largest absolute Gasteiger partial charge is 0.507 e. The lowest BCUT2D eigenvalue weighted by Gasteiger charge is -2.10. The minimum absolute atomic E-state index is 0.154. The van der Waals surface area contributed by atoms with Crippen molar-refractivity contribution in [2.24, 2.45) is 0 Å². The van der Waals surface area contributed by atoms with E-state index in [9.17, 15) is 19.8 Å². The first-order valence-corrected chi connectivity index (χ1v) is 7.97. The standard InChI is InChI=1S/C20H17NO5/c22-17-10-16(19(24)15-9-5-4-8-14(15)17)20(25)26-12-18(23)21-11-13-6-2-1-3-7-13/h1-10,22,24H,11-12H2,(H,21,23). The Balaban J connectivity index is 1.64. The van der Waals surface area contributed by atoms with Crippen molar-refractivity contribution in [1.29, 1.82) is 0 Å². The number of aromatic hydroxyl groups is 2. The number of carbonyl (C=O) groups is 2. The third-order valence-corrected chi connectivity index (χ3v) is 3.88. The topological polar surface area (TPSA) is 95.9 Å². The molecule has 132 valence electrons. The molecule has 0 unspecified atom stereocenters. The Morgan fingerprint density at radius 1 is 0.923 bits per heavy atom. The highest BCUT2D eigenvalue weighted by molar-refractivity contribution is 6.04. The number of phenolic OH excluding ortho intramolecular Hbond substituents is 2. The summed E-state index contributed by atoms with van der Waals surface area (Å²) in [5.74, 6) is -1.81. The van der Waals surface area contributed by atoms with Gasteiger partial charge in [0.05, 0.1) is 0 Å². The summed E-state index contributed by atoms with van der Waals surface area (Å²) in [6.07, 6.45) is 0. The van der Waals surface area contributed by atoms with E-state index in [2.05, 4.69) is 5.32 Å². The van der Waals surface area contributed by atoms with Gasteiger partial charge in [-0.2, -0.15) is 0 Å². The zero-order chi connectivity index (χ0) is 18.5. The third kappa shape index (κ3) is 3.75. The predicted molar refractivity (Wildman–Crippen MR) is 95.8 cm³/mol. The van der Waals surface area contributed by atoms with Crippen LogP contribution in [-0.4, -0.2) is 28.7 Å². The van der Waals surface area contributed by atoms with E-state index in [0.29, 0.717) is 17.3 Å². The molecule has 3 aromatic carbocycles. The molecule has 0 saturated heterocycles. The smallest absolute Gasteiger partial charge is 0.342 e. The fraction of sp³-hybridized carbons (Fsp3) is 0.100. The minimum Gasteiger partial charge on any atom is -0.507 e. The number of benzene rings is 3. The number of esters is 1. The van der Waals surface area contributed by atoms with Gasteiger partial charge in [-0.3, -0.25) is 4.79 Å². The monoisotopic (exact) mass is 351 g/mol. The van der Waals surface area contributed by atoms with E-state index < -0.39 is 18.5 Å². The average Bonchev–Trinajstić information content (AvgIpc) is 2.68. The van der Waals surface area contributed by atoms with Crippen molar-refractivity contribution in [1.82, 2.24) is 5.32 Å². The van der Waals surface area contributed by atoms with Gasteiger partial charge < -0.3 is 20.3 Å². The first-order valence-electron chi connectivity index (χ1n) is 7.97. The van der Waals surface area contributed by atoms with E-state index in [-0.39, 0.29) is 17.1 Å². The van der Waals surface area contributed by atoms with E-state index in [1.54, 1.807) is 24.3 Å². The van der Waals surface area contributed by atoms with Crippen molar-refractivity contribution in [3.8, 4) is 11.5 Å². The van der Waals surface area contributed by atoms with Gasteiger partial charge in [-0.1, -0.05) is 54.6 Å². The molecule has 0 aromatic heterocycles. The van der Waals surface area contributed by atoms with Gasteiger partial charge in [-0.15, -0.1) is 0 Å². The molecule has 0 aliphatic rings. The summed E-state index contributed by atoms with van der Waals surface area (Å²) in [6, 6.07) is 17.0. The van der Waals surface area contributed by atoms with E-state index in [1.807, 2.05) is 30.3 Å². The summed E-state index contributed by atoms with van der Waals surface area (Å²) < 4.78 is 4.94. The Labute approximate surface area is 149 Å². The highest BCUT2D eigenvalue weighted by Gasteiger charge is 2.19. The molecule has 3 aromatic rings. The maximum atomic E-state index is 12.2. The molecule has 26 heavy (non-hydrogen) atoms. The van der Waals surface area contributed by atoms with Crippen molar-refractivity contribution in [2.75, 3.05) is 6.61 Å². The van der Waals surface area contributed by atoms with Crippen LogP contribution in [0.15, 0.2) is 60.7 Å². The van der Waals surface area contributed by atoms with E-state index >= 15 is 0 Å². The molecule has 0 atom stereocenters. The lowest BCUT2D eigenvalue weighted by atomic mass is 10.0. The predicted octanol–water partition coefficient (Wildman–Crippen LogP) is 2.72. The molecule has 0 aliphatic carbocycles. The van der Waals surface area contributed by atoms with Gasteiger partial charge in [0, 0.05) is 17.3 Å². The molecule has 0 radical (unpaired) electrons. The Kier molecular flexibility index (Phi) is 5.03. The van der Waals surface area contributed by atoms with Gasteiger partial charge in [-0.25, -0.2) is 4.79 Å². The van der Waals surface area contributed by atoms with Crippen LogP contribution in [0, 0.1) is 0 Å². The molecule has 0 spiro atoms. The first kappa shape index (κ1) is 17.3. The molecule has 6 heteroatoms. The van der Waals surface area contributed by atoms with Crippen molar-refractivity contribution in [3.05, 3.63) is 71.8 Å². The van der Waals surface area contributed by atoms with Crippen LogP contribution in [-0.2, 0) is 16.1 Å². The van der Waals surface area contributed by atoms with Crippen LogP contribution in [0.25, 0.3) is 10.8 Å². The number of hydrogen-bond donors (Lipinski definition) is 3. The van der Waals surface area contributed by atoms with Crippen LogP contribution in [0.2, 0.25) is 0 Å². The number of amides is 1. The zero-order valence-electron chi connectivity index (χ0n) is 13.8. The number of phenols is 2. The SMILES string of the molecule is O=C(COC(=O)c1cc(O)c2ccccc2c1O)NCc1ccccc1. The molecule has 0 heterocycles. The molecule has 0 bridgehead atoms. The molecular formula is C20H17NO5. The van der Waals surface area contributed by atoms with Crippen LogP contribution >= 0.6 is 0 Å². The van der Waals surface area contributed by atoms with Crippen molar-refractivity contribution >= 4 is 22.6 Å². The molecule has 0 fully saturated rings. The number of hydrogen-bond acceptors (Lipinski definition) is 5. The van der Waals surface area contributed by atoms with Crippen molar-refractivity contribution in [2.45, 2.75) is 6.54 Å². The van der Waals surface area contributed by atoms with Crippen LogP contribution < -0.4 is 5.32 Å². The Bertz CT molecular complexity index is 953. The molecule has 0 aliphatic heterocycles. The second kappa shape index (κ2) is 7.57. The minimum atomic E-state index is -0.890. The lowest BCUT2D eigenvalue weighted by Crippen LogP contribution is -2.28. The van der Waals surface area contributed by atoms with Gasteiger partial charge in [0.1, 0.15) is 17.1 Å². The summed E-state index contributed by atoms with van der Waals surface area (Å²) in [4.78, 5) is 24.0. The van der Waals surface area contributed by atoms with Crippen molar-refractivity contribution < 1.29 is 24.5 Å². The summed E-state index contributed by atoms with van der Waals surface area (Å²) in [5, 5.41) is 23.6. The number of rotatable bonds is 5. The quantitative estimate of drug-likeness (QED) is 0.485. The third-order valence-electron chi connectivity index (χ3n) is 3.88. The van der Waals surface area contributed by atoms with Crippen LogP contribution in [0.3, 0.4) is 0 Å². The Hall–Kier alpha value is -3.54. The fourth-order valence-corrected chi connectivity index (χ4v) is 2.55. The molecule has 3 rings (SSSR count). The average molecular weight is 351 g/mol. The number of carbonyl (C=O) groups excluding carboxylic acids is 2. The molecule has 6 nitrogen and oxygen atoms in total. The summed E-state index contributed by atoms with van der Waals surface area (Å²) in [7, 11) is 0. The second-order valence-corrected chi connectivity index (χ2v) is 5.68. The van der Waals surface area contributed by atoms with Crippen molar-refractivity contribution in [3.63, 3.8) is 0 Å². The fourth-order valence-electron chi connectivity index (χ4n) is 2.55. The maximum absolute atomic E-state index is 12.2. The van der Waals surface area contributed by atoms with E-state index in [1.165, 1.54) is 0 Å². The Morgan fingerprint density at radius 3 is 2.31 bits per heavy atom. The van der Waals surface area contributed by atoms with Crippen LogP contribution in [0.4, 0.5) is 0 Å². The summed E-state index contributed by atoms with van der Waals surface area (Å²) >= 11 is 0. The number of nitrogens with one attached hydrogen (secondary N) is 1. The lowest BCUT2D eigenvalue weighted by molar-refractivity contribution is -0.124. The second-order valence-electron chi connectivity index (χ2n) is 5.68. The first-order chi connectivity index (χ1) is 12.6. The number of fused-ring (bicyclic) bond motifs is 1. The van der Waals surface area contributed by atoms with Gasteiger partial charge in [0.25, 0.3) is 5.91 Å². The summed E-state index contributed by atoms with van der Waals surface area (Å²) in [5.41, 5.74) is 0.723. The van der Waals surface area contributed by atoms with Gasteiger partial charge >= 0.3 is 5.97 Å². The zero-order valence-corrected chi connectivity index (χ0v) is 13.8. The highest BCUT2D eigenvalue weighted by atomic mass is 16.5. The Morgan fingerprint density at radius 2 is 1.58 bits per heavy atom. The molecule has 0 saturated carbocycles.